The Morgan fingerprint density at radius 1 is 1.37 bits per heavy atom. The highest BCUT2D eigenvalue weighted by molar-refractivity contribution is 6.00. The lowest BCUT2D eigenvalue weighted by molar-refractivity contribution is -0.138. The fraction of sp³-hybridized carbons (Fsp3) is 0.600. The molecule has 2 fully saturated rings. The number of fused-ring (bicyclic) bond motifs is 3. The quantitative estimate of drug-likeness (QED) is 0.529. The van der Waals surface area contributed by atoms with E-state index < -0.39 is 24.1 Å². The van der Waals surface area contributed by atoms with E-state index in [0.29, 0.717) is 24.0 Å². The number of ether oxygens (including phenoxy) is 1. The van der Waals surface area contributed by atoms with Crippen LogP contribution in [0.4, 0.5) is 0 Å². The maximum Gasteiger partial charge on any atom is 0.334 e. The molecule has 0 aromatic carbocycles. The van der Waals surface area contributed by atoms with Crippen molar-refractivity contribution in [3.63, 3.8) is 0 Å². The van der Waals surface area contributed by atoms with Gasteiger partial charge in [0.25, 0.3) is 0 Å². The molecule has 19 heavy (non-hydrogen) atoms. The minimum Gasteiger partial charge on any atom is -0.454 e. The molecule has 1 saturated heterocycles. The van der Waals surface area contributed by atoms with E-state index in [1.54, 1.807) is 6.92 Å². The summed E-state index contributed by atoms with van der Waals surface area (Å²) in [7, 11) is 0. The number of aliphatic hydroxyl groups is 1. The molecule has 0 radical (unpaired) electrons. The first-order valence-electron chi connectivity index (χ1n) is 6.73. The molecule has 0 unspecified atom stereocenters. The van der Waals surface area contributed by atoms with Crippen LogP contribution >= 0.6 is 0 Å². The van der Waals surface area contributed by atoms with E-state index in [9.17, 15) is 14.7 Å². The molecule has 0 amide bonds. The Balaban J connectivity index is 2.12. The van der Waals surface area contributed by atoms with Crippen LogP contribution in [0.3, 0.4) is 0 Å². The molecule has 0 bridgehead atoms. The van der Waals surface area contributed by atoms with Crippen LogP contribution in [-0.2, 0) is 14.3 Å². The van der Waals surface area contributed by atoms with Crippen molar-refractivity contribution in [2.75, 3.05) is 0 Å². The largest absolute Gasteiger partial charge is 0.454 e. The number of rotatable bonds is 0. The molecule has 5 atom stereocenters. The number of carbonyl (C=O) groups is 2. The first kappa shape index (κ1) is 12.6. The summed E-state index contributed by atoms with van der Waals surface area (Å²) in [5.74, 6) is -0.396. The van der Waals surface area contributed by atoms with Crippen LogP contribution in [0, 0.1) is 17.8 Å². The van der Waals surface area contributed by atoms with Crippen LogP contribution in [0.15, 0.2) is 23.3 Å². The summed E-state index contributed by atoms with van der Waals surface area (Å²) in [6, 6.07) is 0. The SMILES string of the molecule is C=C1C(=O)O[C@@H]2C3=C(C)C(=O)C[C@H]3[C@@H](C)C[C@@H](O)[C@@H]12. The number of hydrogen-bond donors (Lipinski definition) is 1. The van der Waals surface area contributed by atoms with Crippen molar-refractivity contribution < 1.29 is 19.4 Å². The molecule has 1 heterocycles. The summed E-state index contributed by atoms with van der Waals surface area (Å²) < 4.78 is 5.40. The van der Waals surface area contributed by atoms with Gasteiger partial charge in [-0.15, -0.1) is 0 Å². The maximum absolute atomic E-state index is 11.9. The van der Waals surface area contributed by atoms with Crippen LogP contribution in [0.2, 0.25) is 0 Å². The molecule has 0 aromatic heterocycles. The number of aliphatic hydroxyl groups excluding tert-OH is 1. The van der Waals surface area contributed by atoms with Crippen molar-refractivity contribution in [1.82, 2.24) is 0 Å². The Kier molecular flexibility index (Phi) is 2.68. The third-order valence-electron chi connectivity index (χ3n) is 4.90. The smallest absolute Gasteiger partial charge is 0.334 e. The van der Waals surface area contributed by atoms with E-state index in [1.807, 2.05) is 6.92 Å². The number of allylic oxidation sites excluding steroid dienone is 1. The lowest BCUT2D eigenvalue weighted by Crippen LogP contribution is -2.29. The lowest BCUT2D eigenvalue weighted by Gasteiger charge is -2.22. The molecule has 1 N–H and O–H groups in total. The zero-order valence-corrected chi connectivity index (χ0v) is 11.2. The lowest BCUT2D eigenvalue weighted by atomic mass is 9.85. The van der Waals surface area contributed by atoms with E-state index in [2.05, 4.69) is 6.58 Å². The molecule has 3 rings (SSSR count). The number of ketones is 1. The van der Waals surface area contributed by atoms with Gasteiger partial charge in [0.1, 0.15) is 6.10 Å². The van der Waals surface area contributed by atoms with E-state index in [4.69, 9.17) is 4.74 Å². The topological polar surface area (TPSA) is 63.6 Å². The second-order valence-electron chi connectivity index (χ2n) is 5.97. The molecule has 1 saturated carbocycles. The van der Waals surface area contributed by atoms with Gasteiger partial charge in [0, 0.05) is 12.0 Å². The highest BCUT2D eigenvalue weighted by atomic mass is 16.6. The van der Waals surface area contributed by atoms with Gasteiger partial charge >= 0.3 is 5.97 Å². The van der Waals surface area contributed by atoms with Gasteiger partial charge in [-0.2, -0.15) is 0 Å². The van der Waals surface area contributed by atoms with Gasteiger partial charge < -0.3 is 9.84 Å². The monoisotopic (exact) mass is 262 g/mol. The molecule has 102 valence electrons. The van der Waals surface area contributed by atoms with Crippen LogP contribution in [0.1, 0.15) is 26.7 Å². The first-order valence-corrected chi connectivity index (χ1v) is 6.73. The Hall–Kier alpha value is -1.42. The van der Waals surface area contributed by atoms with Gasteiger partial charge in [-0.25, -0.2) is 4.79 Å². The van der Waals surface area contributed by atoms with E-state index in [1.165, 1.54) is 0 Å². The van der Waals surface area contributed by atoms with E-state index in [0.717, 1.165) is 5.57 Å². The van der Waals surface area contributed by atoms with Gasteiger partial charge in [0.05, 0.1) is 12.0 Å². The fourth-order valence-electron chi connectivity index (χ4n) is 3.80. The van der Waals surface area contributed by atoms with Crippen molar-refractivity contribution >= 4 is 11.8 Å². The zero-order chi connectivity index (χ0) is 13.9. The average molecular weight is 262 g/mol. The third kappa shape index (κ3) is 1.62. The molecule has 0 spiro atoms. The van der Waals surface area contributed by atoms with Gasteiger partial charge in [0.2, 0.25) is 0 Å². The molecule has 3 aliphatic rings. The summed E-state index contributed by atoms with van der Waals surface area (Å²) in [5.41, 5.74) is 1.97. The number of hydrogen-bond acceptors (Lipinski definition) is 4. The minimum absolute atomic E-state index is 0.0934. The van der Waals surface area contributed by atoms with Crippen LogP contribution in [-0.4, -0.2) is 29.1 Å². The normalized spacial score (nSPS) is 42.1. The van der Waals surface area contributed by atoms with Gasteiger partial charge in [-0.05, 0) is 36.3 Å². The summed E-state index contributed by atoms with van der Waals surface area (Å²) >= 11 is 0. The Bertz CT molecular complexity index is 516. The van der Waals surface area contributed by atoms with Crippen molar-refractivity contribution in [2.24, 2.45) is 17.8 Å². The Labute approximate surface area is 112 Å². The van der Waals surface area contributed by atoms with Gasteiger partial charge in [-0.3, -0.25) is 4.79 Å². The molecular weight excluding hydrogens is 244 g/mol. The summed E-state index contributed by atoms with van der Waals surface area (Å²) in [6.45, 7) is 7.60. The molecule has 2 aliphatic carbocycles. The van der Waals surface area contributed by atoms with Gasteiger partial charge in [-0.1, -0.05) is 13.5 Å². The standard InChI is InChI=1S/C15H18O4/c1-6-4-11(17)13-8(3)15(18)19-14(13)12-7(2)10(16)5-9(6)12/h6,9,11,13-14,17H,3-5H2,1-2H3/t6-,9-,11+,13+,14+/m0/s1. The number of esters is 1. The minimum atomic E-state index is -0.625. The van der Waals surface area contributed by atoms with Gasteiger partial charge in [0.15, 0.2) is 5.78 Å². The molecule has 4 heteroatoms. The van der Waals surface area contributed by atoms with Crippen molar-refractivity contribution in [2.45, 2.75) is 38.9 Å². The predicted molar refractivity (Wildman–Crippen MR) is 68.1 cm³/mol. The zero-order valence-electron chi connectivity index (χ0n) is 11.2. The second-order valence-corrected chi connectivity index (χ2v) is 5.97. The van der Waals surface area contributed by atoms with Crippen LogP contribution < -0.4 is 0 Å². The van der Waals surface area contributed by atoms with Crippen LogP contribution in [0.5, 0.6) is 0 Å². The van der Waals surface area contributed by atoms with Crippen molar-refractivity contribution in [3.8, 4) is 0 Å². The summed E-state index contributed by atoms with van der Waals surface area (Å²) in [5, 5.41) is 10.3. The molecule has 4 nitrogen and oxygen atoms in total. The molecule has 0 aromatic rings. The summed E-state index contributed by atoms with van der Waals surface area (Å²) in [6.07, 6.45) is -0.0650. The highest BCUT2D eigenvalue weighted by Crippen LogP contribution is 2.49. The highest BCUT2D eigenvalue weighted by Gasteiger charge is 2.52. The molecule has 1 aliphatic heterocycles. The number of Topliss-reactive ketones (excluding diaryl/α,β-unsaturated/α-hetero) is 1. The van der Waals surface area contributed by atoms with Crippen molar-refractivity contribution in [3.05, 3.63) is 23.3 Å². The van der Waals surface area contributed by atoms with E-state index >= 15 is 0 Å². The first-order chi connectivity index (χ1) is 8.91. The average Bonchev–Trinajstić information content (AvgIpc) is 2.75. The molecular formula is C15H18O4. The van der Waals surface area contributed by atoms with Crippen LogP contribution in [0.25, 0.3) is 0 Å². The Morgan fingerprint density at radius 2 is 2.05 bits per heavy atom. The van der Waals surface area contributed by atoms with E-state index in [-0.39, 0.29) is 17.6 Å². The Morgan fingerprint density at radius 3 is 2.74 bits per heavy atom. The maximum atomic E-state index is 11.9. The third-order valence-corrected chi connectivity index (χ3v) is 4.90. The fourth-order valence-corrected chi connectivity index (χ4v) is 3.80. The predicted octanol–water partition coefficient (Wildman–Crippen LogP) is 1.39. The van der Waals surface area contributed by atoms with Crippen molar-refractivity contribution in [1.29, 1.82) is 0 Å². The summed E-state index contributed by atoms with van der Waals surface area (Å²) in [4.78, 5) is 23.7. The number of carbonyl (C=O) groups excluding carboxylic acids is 2. The second kappa shape index (κ2) is 4.04.